The molecule has 3 rings (SSSR count). The Morgan fingerprint density at radius 2 is 1.75 bits per heavy atom. The molecule has 0 saturated carbocycles. The van der Waals surface area contributed by atoms with E-state index in [1.54, 1.807) is 56.3 Å². The summed E-state index contributed by atoms with van der Waals surface area (Å²) in [7, 11) is -3.19. The number of halogens is 1. The smallest absolute Gasteiger partial charge is 0.323 e. The molecule has 3 aromatic rings. The van der Waals surface area contributed by atoms with Crippen LogP contribution in [-0.2, 0) is 24.6 Å². The first kappa shape index (κ1) is 23.9. The van der Waals surface area contributed by atoms with Gasteiger partial charge in [-0.1, -0.05) is 16.6 Å². The highest BCUT2D eigenvalue weighted by Gasteiger charge is 2.23. The lowest BCUT2D eigenvalue weighted by molar-refractivity contribution is -0.111. The molecule has 1 amide bonds. The van der Waals surface area contributed by atoms with Gasteiger partial charge in [0.05, 0.1) is 24.3 Å². The fourth-order valence-electron chi connectivity index (χ4n) is 2.89. The zero-order valence-corrected chi connectivity index (χ0v) is 19.4. The van der Waals surface area contributed by atoms with Crippen LogP contribution in [0.25, 0.3) is 17.3 Å². The van der Waals surface area contributed by atoms with Gasteiger partial charge in [-0.25, -0.2) is 4.39 Å². The molecule has 0 saturated heterocycles. The quantitative estimate of drug-likeness (QED) is 0.296. The van der Waals surface area contributed by atoms with Crippen molar-refractivity contribution in [1.29, 1.82) is 0 Å². The van der Waals surface area contributed by atoms with Gasteiger partial charge in [0.15, 0.2) is 0 Å². The Bertz CT molecular complexity index is 1110. The SMILES string of the molecule is CCOP(=O)(Cc1ccc(NC(=O)/C=C/c2snnc2-c2ccc(F)cc2)cc1)OCC. The third kappa shape index (κ3) is 6.64. The van der Waals surface area contributed by atoms with Crippen molar-refractivity contribution in [1.82, 2.24) is 9.59 Å². The number of anilines is 1. The second-order valence-corrected chi connectivity index (χ2v) is 9.46. The summed E-state index contributed by atoms with van der Waals surface area (Å²) >= 11 is 1.14. The van der Waals surface area contributed by atoms with E-state index in [2.05, 4.69) is 14.9 Å². The molecule has 0 spiro atoms. The average molecular weight is 475 g/mol. The van der Waals surface area contributed by atoms with Crippen molar-refractivity contribution in [2.75, 3.05) is 18.5 Å². The Kier molecular flexibility index (Phi) is 8.41. The summed E-state index contributed by atoms with van der Waals surface area (Å²) in [6, 6.07) is 12.9. The molecule has 10 heteroatoms. The minimum absolute atomic E-state index is 0.160. The maximum atomic E-state index is 13.1. The van der Waals surface area contributed by atoms with E-state index < -0.39 is 7.60 Å². The zero-order chi connectivity index (χ0) is 23.0. The van der Waals surface area contributed by atoms with E-state index in [1.165, 1.54) is 18.2 Å². The number of hydrogen-bond acceptors (Lipinski definition) is 7. The summed E-state index contributed by atoms with van der Waals surface area (Å²) in [5, 5.41) is 6.83. The molecule has 1 heterocycles. The lowest BCUT2D eigenvalue weighted by Gasteiger charge is -2.17. The fourth-order valence-corrected chi connectivity index (χ4v) is 5.18. The third-order valence-electron chi connectivity index (χ3n) is 4.27. The highest BCUT2D eigenvalue weighted by molar-refractivity contribution is 7.53. The maximum absolute atomic E-state index is 13.1. The van der Waals surface area contributed by atoms with Crippen LogP contribution < -0.4 is 5.32 Å². The number of benzene rings is 2. The molecule has 168 valence electrons. The number of carbonyl (C=O) groups is 1. The zero-order valence-electron chi connectivity index (χ0n) is 17.7. The first-order chi connectivity index (χ1) is 15.4. The van der Waals surface area contributed by atoms with E-state index in [0.29, 0.717) is 35.0 Å². The summed E-state index contributed by atoms with van der Waals surface area (Å²) in [5.74, 6) is -0.663. The van der Waals surface area contributed by atoms with Crippen molar-refractivity contribution >= 4 is 36.8 Å². The second-order valence-electron chi connectivity index (χ2n) is 6.62. The topological polar surface area (TPSA) is 90.4 Å². The number of carbonyl (C=O) groups excluding carboxylic acids is 1. The van der Waals surface area contributed by atoms with Gasteiger partial charge in [-0.3, -0.25) is 9.36 Å². The van der Waals surface area contributed by atoms with Crippen LogP contribution in [0.15, 0.2) is 54.6 Å². The molecule has 0 aliphatic heterocycles. The van der Waals surface area contributed by atoms with Crippen molar-refractivity contribution in [3.8, 4) is 11.3 Å². The molecular weight excluding hydrogens is 452 g/mol. The molecule has 1 N–H and O–H groups in total. The highest BCUT2D eigenvalue weighted by Crippen LogP contribution is 2.51. The first-order valence-electron chi connectivity index (χ1n) is 9.97. The molecule has 0 fully saturated rings. The Hall–Kier alpha value is -2.71. The molecule has 0 aliphatic rings. The van der Waals surface area contributed by atoms with Crippen LogP contribution >= 0.6 is 19.1 Å². The van der Waals surface area contributed by atoms with Crippen LogP contribution in [0.1, 0.15) is 24.3 Å². The lowest BCUT2D eigenvalue weighted by atomic mass is 10.1. The second kappa shape index (κ2) is 11.2. The highest BCUT2D eigenvalue weighted by atomic mass is 32.1. The molecule has 0 radical (unpaired) electrons. The van der Waals surface area contributed by atoms with E-state index in [4.69, 9.17) is 9.05 Å². The van der Waals surface area contributed by atoms with Gasteiger partial charge in [-0.05, 0) is 73.4 Å². The molecular formula is C22H23FN3O4PS. The van der Waals surface area contributed by atoms with Crippen LogP contribution in [0, 0.1) is 5.82 Å². The van der Waals surface area contributed by atoms with E-state index in [1.807, 2.05) is 0 Å². The van der Waals surface area contributed by atoms with E-state index >= 15 is 0 Å². The third-order valence-corrected chi connectivity index (χ3v) is 7.01. The van der Waals surface area contributed by atoms with E-state index in [9.17, 15) is 13.8 Å². The van der Waals surface area contributed by atoms with Crippen molar-refractivity contribution < 1.29 is 22.8 Å². The monoisotopic (exact) mass is 475 g/mol. The number of aromatic nitrogens is 2. The number of nitrogens with one attached hydrogen (secondary N) is 1. The maximum Gasteiger partial charge on any atom is 0.335 e. The standard InChI is InChI=1S/C22H23FN3O4PS/c1-3-29-31(28,30-4-2)15-16-5-11-19(12-6-16)24-21(27)14-13-20-22(25-26-32-20)17-7-9-18(23)10-8-17/h5-14H,3-4,15H2,1-2H3,(H,24,27)/b14-13+. The van der Waals surface area contributed by atoms with Gasteiger partial charge in [0, 0.05) is 17.3 Å². The predicted molar refractivity (Wildman–Crippen MR) is 124 cm³/mol. The molecule has 32 heavy (non-hydrogen) atoms. The predicted octanol–water partition coefficient (Wildman–Crippen LogP) is 5.76. The number of rotatable bonds is 10. The van der Waals surface area contributed by atoms with Crippen molar-refractivity contribution in [2.24, 2.45) is 0 Å². The molecule has 0 unspecified atom stereocenters. The molecule has 0 atom stereocenters. The largest absolute Gasteiger partial charge is 0.335 e. The van der Waals surface area contributed by atoms with Gasteiger partial charge >= 0.3 is 7.60 Å². The molecule has 7 nitrogen and oxygen atoms in total. The van der Waals surface area contributed by atoms with Gasteiger partial charge in [0.2, 0.25) is 5.91 Å². The Morgan fingerprint density at radius 3 is 2.38 bits per heavy atom. The minimum Gasteiger partial charge on any atom is -0.323 e. The van der Waals surface area contributed by atoms with Crippen molar-refractivity contribution in [3.63, 3.8) is 0 Å². The van der Waals surface area contributed by atoms with Crippen LogP contribution in [0.2, 0.25) is 0 Å². The Labute approximate surface area is 190 Å². The average Bonchev–Trinajstić information content (AvgIpc) is 3.23. The van der Waals surface area contributed by atoms with Gasteiger partial charge in [-0.2, -0.15) is 0 Å². The number of nitrogens with zero attached hydrogens (tertiary/aromatic N) is 2. The Balaban J connectivity index is 1.62. The van der Waals surface area contributed by atoms with Gasteiger partial charge in [-0.15, -0.1) is 5.10 Å². The summed E-state index contributed by atoms with van der Waals surface area (Å²) in [6.07, 6.45) is 3.16. The number of hydrogen-bond donors (Lipinski definition) is 1. The normalized spacial score (nSPS) is 11.7. The van der Waals surface area contributed by atoms with E-state index in [-0.39, 0.29) is 17.9 Å². The fraction of sp³-hybridized carbons (Fsp3) is 0.227. The van der Waals surface area contributed by atoms with E-state index in [0.717, 1.165) is 17.1 Å². The first-order valence-corrected chi connectivity index (χ1v) is 12.5. The van der Waals surface area contributed by atoms with Crippen molar-refractivity contribution in [2.45, 2.75) is 20.0 Å². The summed E-state index contributed by atoms with van der Waals surface area (Å²) < 4.78 is 40.3. The molecule has 0 aliphatic carbocycles. The van der Waals surface area contributed by atoms with Crippen LogP contribution in [0.5, 0.6) is 0 Å². The summed E-state index contributed by atoms with van der Waals surface area (Å²) in [5.41, 5.74) is 2.67. The molecule has 1 aromatic heterocycles. The Morgan fingerprint density at radius 1 is 1.09 bits per heavy atom. The van der Waals surface area contributed by atoms with Crippen LogP contribution in [-0.4, -0.2) is 28.7 Å². The minimum atomic E-state index is -3.19. The van der Waals surface area contributed by atoms with Gasteiger partial charge in [0.1, 0.15) is 11.5 Å². The lowest BCUT2D eigenvalue weighted by Crippen LogP contribution is -2.07. The van der Waals surface area contributed by atoms with Gasteiger partial charge in [0.25, 0.3) is 0 Å². The van der Waals surface area contributed by atoms with Crippen LogP contribution in [0.4, 0.5) is 10.1 Å². The molecule has 0 bridgehead atoms. The van der Waals surface area contributed by atoms with Gasteiger partial charge < -0.3 is 14.4 Å². The summed E-state index contributed by atoms with van der Waals surface area (Å²) in [4.78, 5) is 13.0. The molecule has 2 aromatic carbocycles. The summed E-state index contributed by atoms with van der Waals surface area (Å²) in [6.45, 7) is 4.14. The number of amides is 1. The van der Waals surface area contributed by atoms with Crippen molar-refractivity contribution in [3.05, 3.63) is 70.9 Å². The van der Waals surface area contributed by atoms with Crippen LogP contribution in [0.3, 0.4) is 0 Å².